The molecule has 0 radical (unpaired) electrons. The maximum Gasteiger partial charge on any atom is -0.0126 e. The SMILES string of the molecule is CCS.CNC.Cl. The molecule has 0 saturated heterocycles. The monoisotopic (exact) mass is 143 g/mol. The van der Waals surface area contributed by atoms with Crippen molar-refractivity contribution in [1.82, 2.24) is 5.32 Å². The van der Waals surface area contributed by atoms with Crippen LogP contribution in [0, 0.1) is 0 Å². The standard InChI is InChI=1S/C2H7N.C2H6S.ClH/c1-3-2;1-2-3;/h3H,1-2H3;3H,2H2,1H3;1H. The Labute approximate surface area is 57.7 Å². The number of thiol groups is 1. The Morgan fingerprint density at radius 2 is 1.43 bits per heavy atom. The van der Waals surface area contributed by atoms with E-state index < -0.39 is 0 Å². The minimum atomic E-state index is 0. The van der Waals surface area contributed by atoms with E-state index in [-0.39, 0.29) is 12.4 Å². The molecule has 48 valence electrons. The minimum Gasteiger partial charge on any atom is -0.323 e. The van der Waals surface area contributed by atoms with Crippen LogP contribution in [0.1, 0.15) is 6.92 Å². The lowest BCUT2D eigenvalue weighted by atomic mass is 11.0. The Kier molecular flexibility index (Phi) is 68.4. The van der Waals surface area contributed by atoms with Gasteiger partial charge < -0.3 is 5.32 Å². The van der Waals surface area contributed by atoms with E-state index in [0.717, 1.165) is 5.75 Å². The Morgan fingerprint density at radius 1 is 1.43 bits per heavy atom. The van der Waals surface area contributed by atoms with E-state index in [9.17, 15) is 0 Å². The maximum atomic E-state index is 3.79. The lowest BCUT2D eigenvalue weighted by molar-refractivity contribution is 1.02. The van der Waals surface area contributed by atoms with Crippen LogP contribution >= 0.6 is 25.0 Å². The molecular formula is C4H14ClNS. The van der Waals surface area contributed by atoms with Gasteiger partial charge in [-0.15, -0.1) is 12.4 Å². The Balaban J connectivity index is -0.0000000400. The summed E-state index contributed by atoms with van der Waals surface area (Å²) < 4.78 is 0. The summed E-state index contributed by atoms with van der Waals surface area (Å²) in [5.41, 5.74) is 0. The van der Waals surface area contributed by atoms with Gasteiger partial charge in [0.25, 0.3) is 0 Å². The molecule has 1 N–H and O–H groups in total. The molecule has 0 aromatic carbocycles. The van der Waals surface area contributed by atoms with E-state index in [1.807, 2.05) is 21.0 Å². The highest BCUT2D eigenvalue weighted by molar-refractivity contribution is 7.80. The fourth-order valence-electron chi connectivity index (χ4n) is 0. The summed E-state index contributed by atoms with van der Waals surface area (Å²) >= 11 is 3.79. The number of hydrogen-bond acceptors (Lipinski definition) is 2. The molecule has 1 nitrogen and oxygen atoms in total. The van der Waals surface area contributed by atoms with Crippen molar-refractivity contribution in [3.63, 3.8) is 0 Å². The molecule has 0 amide bonds. The van der Waals surface area contributed by atoms with Crippen LogP contribution in [-0.2, 0) is 0 Å². The molecule has 0 heterocycles. The highest BCUT2D eigenvalue weighted by Crippen LogP contribution is 1.58. The zero-order chi connectivity index (χ0) is 5.41. The Morgan fingerprint density at radius 3 is 1.43 bits per heavy atom. The van der Waals surface area contributed by atoms with E-state index in [2.05, 4.69) is 17.9 Å². The molecule has 0 unspecified atom stereocenters. The molecule has 7 heavy (non-hydrogen) atoms. The minimum absolute atomic E-state index is 0. The van der Waals surface area contributed by atoms with E-state index in [1.165, 1.54) is 0 Å². The van der Waals surface area contributed by atoms with Crippen LogP contribution in [0.15, 0.2) is 0 Å². The third-order valence-corrected chi connectivity index (χ3v) is 0. The molecule has 0 aliphatic heterocycles. The summed E-state index contributed by atoms with van der Waals surface area (Å²) in [6, 6.07) is 0. The Bertz CT molecular complexity index is 13.7. The topological polar surface area (TPSA) is 12.0 Å². The predicted molar refractivity (Wildman–Crippen MR) is 41.8 cm³/mol. The summed E-state index contributed by atoms with van der Waals surface area (Å²) in [6.07, 6.45) is 0. The van der Waals surface area contributed by atoms with Gasteiger partial charge in [-0.2, -0.15) is 12.6 Å². The lowest BCUT2D eigenvalue weighted by Crippen LogP contribution is -1.89. The van der Waals surface area contributed by atoms with E-state index in [1.54, 1.807) is 0 Å². The summed E-state index contributed by atoms with van der Waals surface area (Å²) in [4.78, 5) is 0. The van der Waals surface area contributed by atoms with Crippen molar-refractivity contribution in [2.75, 3.05) is 19.8 Å². The summed E-state index contributed by atoms with van der Waals surface area (Å²) in [5.74, 6) is 0.944. The summed E-state index contributed by atoms with van der Waals surface area (Å²) in [6.45, 7) is 1.99. The van der Waals surface area contributed by atoms with Crippen LogP contribution in [0.25, 0.3) is 0 Å². The first-order chi connectivity index (χ1) is 2.83. The molecular weight excluding hydrogens is 130 g/mol. The van der Waals surface area contributed by atoms with Gasteiger partial charge >= 0.3 is 0 Å². The van der Waals surface area contributed by atoms with E-state index in [0.29, 0.717) is 0 Å². The molecule has 0 saturated carbocycles. The molecule has 0 atom stereocenters. The van der Waals surface area contributed by atoms with Crippen molar-refractivity contribution in [3.05, 3.63) is 0 Å². The second kappa shape index (κ2) is 30.6. The molecule has 0 spiro atoms. The molecule has 0 aliphatic rings. The van der Waals surface area contributed by atoms with Gasteiger partial charge in [-0.05, 0) is 19.8 Å². The number of nitrogens with one attached hydrogen (secondary N) is 1. The van der Waals surface area contributed by atoms with Crippen LogP contribution in [0.4, 0.5) is 0 Å². The van der Waals surface area contributed by atoms with Crippen molar-refractivity contribution in [3.8, 4) is 0 Å². The first kappa shape index (κ1) is 15.6. The van der Waals surface area contributed by atoms with Crippen LogP contribution < -0.4 is 5.32 Å². The smallest absolute Gasteiger partial charge is 0.0126 e. The summed E-state index contributed by atoms with van der Waals surface area (Å²) in [7, 11) is 3.75. The number of hydrogen-bond donors (Lipinski definition) is 2. The van der Waals surface area contributed by atoms with Gasteiger partial charge in [0.1, 0.15) is 0 Å². The van der Waals surface area contributed by atoms with Gasteiger partial charge in [0.15, 0.2) is 0 Å². The van der Waals surface area contributed by atoms with Crippen LogP contribution in [0.2, 0.25) is 0 Å². The average molecular weight is 144 g/mol. The molecule has 3 heteroatoms. The quantitative estimate of drug-likeness (QED) is 0.486. The largest absolute Gasteiger partial charge is 0.323 e. The van der Waals surface area contributed by atoms with Crippen molar-refractivity contribution in [1.29, 1.82) is 0 Å². The van der Waals surface area contributed by atoms with Gasteiger partial charge in [0.2, 0.25) is 0 Å². The van der Waals surface area contributed by atoms with Crippen LogP contribution in [-0.4, -0.2) is 19.8 Å². The van der Waals surface area contributed by atoms with E-state index >= 15 is 0 Å². The molecule has 0 aromatic heterocycles. The highest BCUT2D eigenvalue weighted by atomic mass is 35.5. The maximum absolute atomic E-state index is 3.79. The van der Waals surface area contributed by atoms with Crippen molar-refractivity contribution < 1.29 is 0 Å². The first-order valence-corrected chi connectivity index (χ1v) is 2.66. The number of halogens is 1. The van der Waals surface area contributed by atoms with Gasteiger partial charge in [-0.3, -0.25) is 0 Å². The zero-order valence-corrected chi connectivity index (χ0v) is 6.77. The normalized spacial score (nSPS) is 5.14. The van der Waals surface area contributed by atoms with E-state index in [4.69, 9.17) is 0 Å². The van der Waals surface area contributed by atoms with Crippen molar-refractivity contribution >= 4 is 25.0 Å². The Hall–Kier alpha value is 0.600. The third-order valence-electron chi connectivity index (χ3n) is 0. The average Bonchev–Trinajstić information content (AvgIpc) is 1.39. The fourth-order valence-corrected chi connectivity index (χ4v) is 0. The highest BCUT2D eigenvalue weighted by Gasteiger charge is 1.35. The lowest BCUT2D eigenvalue weighted by Gasteiger charge is -1.59. The molecule has 0 aliphatic carbocycles. The predicted octanol–water partition coefficient (Wildman–Crippen LogP) is 1.19. The van der Waals surface area contributed by atoms with Crippen molar-refractivity contribution in [2.45, 2.75) is 6.92 Å². The van der Waals surface area contributed by atoms with Gasteiger partial charge in [0, 0.05) is 0 Å². The molecule has 0 fully saturated rings. The van der Waals surface area contributed by atoms with Gasteiger partial charge in [0.05, 0.1) is 0 Å². The number of rotatable bonds is 0. The third kappa shape index (κ3) is 388. The molecule has 0 bridgehead atoms. The van der Waals surface area contributed by atoms with Crippen LogP contribution in [0.3, 0.4) is 0 Å². The first-order valence-electron chi connectivity index (χ1n) is 2.02. The second-order valence-electron chi connectivity index (χ2n) is 0.816. The molecule has 0 rings (SSSR count). The summed E-state index contributed by atoms with van der Waals surface area (Å²) in [5, 5.41) is 2.75. The molecule has 0 aromatic rings. The van der Waals surface area contributed by atoms with Crippen molar-refractivity contribution in [2.24, 2.45) is 0 Å². The zero-order valence-electron chi connectivity index (χ0n) is 5.06. The van der Waals surface area contributed by atoms with Crippen LogP contribution in [0.5, 0.6) is 0 Å². The second-order valence-corrected chi connectivity index (χ2v) is 1.45. The van der Waals surface area contributed by atoms with Gasteiger partial charge in [-0.1, -0.05) is 6.92 Å². The van der Waals surface area contributed by atoms with Gasteiger partial charge in [-0.25, -0.2) is 0 Å². The fraction of sp³-hybridized carbons (Fsp3) is 1.00.